The maximum absolute atomic E-state index is 12.3. The van der Waals surface area contributed by atoms with Crippen LogP contribution in [-0.2, 0) is 23.1 Å². The van der Waals surface area contributed by atoms with Crippen molar-refractivity contribution in [3.63, 3.8) is 0 Å². The van der Waals surface area contributed by atoms with Gasteiger partial charge in [0.2, 0.25) is 11.5 Å². The van der Waals surface area contributed by atoms with Crippen LogP contribution in [0.25, 0.3) is 11.1 Å². The Morgan fingerprint density at radius 2 is 1.82 bits per heavy atom. The van der Waals surface area contributed by atoms with Crippen LogP contribution in [0.2, 0.25) is 0 Å². The Balaban J connectivity index is 1.18. The second-order valence-electron chi connectivity index (χ2n) is 12.3. The van der Waals surface area contributed by atoms with Gasteiger partial charge in [-0.25, -0.2) is 9.78 Å². The first-order chi connectivity index (χ1) is 21.0. The average Bonchev–Trinajstić information content (AvgIpc) is 3.57. The van der Waals surface area contributed by atoms with Gasteiger partial charge >= 0.3 is 5.97 Å². The molecule has 0 fully saturated rings. The highest BCUT2D eigenvalue weighted by molar-refractivity contribution is 7.11. The lowest BCUT2D eigenvalue weighted by atomic mass is 9.87. The number of ether oxygens (including phenoxy) is 2. The standard InChI is InChI=1S/C37H39NO5S/c1-25-32(38-34(42-25)28-10-6-9-27(16-17-28)33-13-8-22-44-33)20-21-41-30-18-14-26(15-19-30)24-37(5,35(39)40)43-31-12-7-11-29(23-31)36(2,3)4/h6-9,11-19,22-23H,10,20-21,24H2,1-5H3,(H,39,40). The summed E-state index contributed by atoms with van der Waals surface area (Å²) < 4.78 is 18.1. The SMILES string of the molecule is Cc1oc(C2=CC=C(c3cccs3)C=CC2)nc1CCOc1ccc(CC(C)(Oc2cccc(C(C)(C)C)c2)C(=O)O)cc1. The van der Waals surface area contributed by atoms with Crippen molar-refractivity contribution in [3.8, 4) is 11.5 Å². The first-order valence-corrected chi connectivity index (χ1v) is 15.7. The summed E-state index contributed by atoms with van der Waals surface area (Å²) in [4.78, 5) is 18.3. The first kappa shape index (κ1) is 31.1. The van der Waals surface area contributed by atoms with Gasteiger partial charge in [-0.2, -0.15) is 0 Å². The Kier molecular flexibility index (Phi) is 9.25. The van der Waals surface area contributed by atoms with Crippen molar-refractivity contribution in [1.82, 2.24) is 4.98 Å². The number of hydrogen-bond donors (Lipinski definition) is 1. The topological polar surface area (TPSA) is 81.8 Å². The number of hydrogen-bond acceptors (Lipinski definition) is 6. The van der Waals surface area contributed by atoms with Gasteiger partial charge in [-0.05, 0) is 78.1 Å². The number of carboxylic acid groups (broad SMARTS) is 1. The number of rotatable bonds is 11. The number of aliphatic carboxylic acids is 1. The van der Waals surface area contributed by atoms with Crippen LogP contribution in [0, 0.1) is 6.92 Å². The van der Waals surface area contributed by atoms with E-state index >= 15 is 0 Å². The summed E-state index contributed by atoms with van der Waals surface area (Å²) in [5, 5.41) is 12.1. The molecular formula is C37H39NO5S. The van der Waals surface area contributed by atoms with Crippen molar-refractivity contribution in [2.75, 3.05) is 6.61 Å². The molecule has 1 aliphatic rings. The van der Waals surface area contributed by atoms with Crippen molar-refractivity contribution in [3.05, 3.63) is 124 Å². The van der Waals surface area contributed by atoms with Gasteiger partial charge in [0.15, 0.2) is 0 Å². The zero-order valence-electron chi connectivity index (χ0n) is 25.9. The molecule has 1 N–H and O–H groups in total. The Bertz CT molecular complexity index is 1690. The molecule has 0 spiro atoms. The average molecular weight is 610 g/mol. The third-order valence-corrected chi connectivity index (χ3v) is 8.56. The minimum atomic E-state index is -1.43. The van der Waals surface area contributed by atoms with E-state index in [1.165, 1.54) is 10.5 Å². The lowest BCUT2D eigenvalue weighted by Crippen LogP contribution is -2.43. The van der Waals surface area contributed by atoms with Gasteiger partial charge in [0, 0.05) is 23.3 Å². The fraction of sp³-hybridized carbons (Fsp3) is 0.297. The van der Waals surface area contributed by atoms with Gasteiger partial charge < -0.3 is 19.0 Å². The Morgan fingerprint density at radius 3 is 2.52 bits per heavy atom. The van der Waals surface area contributed by atoms with Crippen molar-refractivity contribution in [1.29, 1.82) is 0 Å². The largest absolute Gasteiger partial charge is 0.493 e. The van der Waals surface area contributed by atoms with Crippen LogP contribution < -0.4 is 9.47 Å². The molecule has 1 aliphatic carbocycles. The predicted octanol–water partition coefficient (Wildman–Crippen LogP) is 8.86. The number of thiophene rings is 1. The van der Waals surface area contributed by atoms with Crippen LogP contribution >= 0.6 is 11.3 Å². The minimum absolute atomic E-state index is 0.0697. The summed E-state index contributed by atoms with van der Waals surface area (Å²) >= 11 is 1.72. The van der Waals surface area contributed by atoms with Crippen LogP contribution in [0.4, 0.5) is 0 Å². The maximum atomic E-state index is 12.3. The lowest BCUT2D eigenvalue weighted by Gasteiger charge is -2.28. The Labute approximate surface area is 263 Å². The van der Waals surface area contributed by atoms with Crippen LogP contribution in [0.15, 0.2) is 94.8 Å². The van der Waals surface area contributed by atoms with E-state index in [0.717, 1.165) is 34.6 Å². The maximum Gasteiger partial charge on any atom is 0.348 e. The number of allylic oxidation sites excluding steroid dienone is 6. The van der Waals surface area contributed by atoms with Gasteiger partial charge in [-0.1, -0.05) is 75.4 Å². The Hall–Kier alpha value is -4.36. The number of carboxylic acids is 1. The molecule has 0 bridgehead atoms. The summed E-state index contributed by atoms with van der Waals surface area (Å²) in [6.45, 7) is 10.3. The van der Waals surface area contributed by atoms with Crippen LogP contribution in [0.3, 0.4) is 0 Å². The van der Waals surface area contributed by atoms with E-state index in [9.17, 15) is 9.90 Å². The monoisotopic (exact) mass is 609 g/mol. The second-order valence-corrected chi connectivity index (χ2v) is 13.2. The van der Waals surface area contributed by atoms with Crippen molar-refractivity contribution in [2.45, 2.75) is 64.9 Å². The smallest absolute Gasteiger partial charge is 0.348 e. The van der Waals surface area contributed by atoms with E-state index in [-0.39, 0.29) is 11.8 Å². The van der Waals surface area contributed by atoms with Crippen molar-refractivity contribution in [2.24, 2.45) is 0 Å². The normalized spacial score (nSPS) is 14.8. The highest BCUT2D eigenvalue weighted by atomic mass is 32.1. The number of benzene rings is 2. The molecule has 4 aromatic rings. The number of nitrogens with zero attached hydrogens (tertiary/aromatic N) is 1. The van der Waals surface area contributed by atoms with Gasteiger partial charge in [0.05, 0.1) is 12.3 Å². The molecule has 1 unspecified atom stereocenters. The van der Waals surface area contributed by atoms with E-state index in [1.54, 1.807) is 24.3 Å². The second kappa shape index (κ2) is 13.1. The summed E-state index contributed by atoms with van der Waals surface area (Å²) in [5.74, 6) is 1.66. The summed E-state index contributed by atoms with van der Waals surface area (Å²) in [5.41, 5.74) is 3.53. The molecule has 0 saturated carbocycles. The predicted molar refractivity (Wildman–Crippen MR) is 176 cm³/mol. The molecule has 1 atom stereocenters. The summed E-state index contributed by atoms with van der Waals surface area (Å²) in [6.07, 6.45) is 10.1. The van der Waals surface area contributed by atoms with E-state index in [1.807, 2.05) is 49.4 Å². The number of aromatic nitrogens is 1. The van der Waals surface area contributed by atoms with E-state index in [2.05, 4.69) is 62.6 Å². The highest BCUT2D eigenvalue weighted by Gasteiger charge is 2.36. The molecule has 0 radical (unpaired) electrons. The van der Waals surface area contributed by atoms with Crippen LogP contribution in [-0.4, -0.2) is 28.3 Å². The summed E-state index contributed by atoms with van der Waals surface area (Å²) in [6, 6.07) is 19.3. The molecular weight excluding hydrogens is 570 g/mol. The zero-order chi connectivity index (χ0) is 31.3. The van der Waals surface area contributed by atoms with Gasteiger partial charge in [-0.15, -0.1) is 11.3 Å². The number of oxazole rings is 1. The highest BCUT2D eigenvalue weighted by Crippen LogP contribution is 2.30. The molecule has 2 aromatic heterocycles. The molecule has 0 amide bonds. The van der Waals surface area contributed by atoms with E-state index in [4.69, 9.17) is 18.9 Å². The van der Waals surface area contributed by atoms with Crippen LogP contribution in [0.1, 0.15) is 67.5 Å². The first-order valence-electron chi connectivity index (χ1n) is 14.8. The molecule has 228 valence electrons. The molecule has 5 rings (SSSR count). The summed E-state index contributed by atoms with van der Waals surface area (Å²) in [7, 11) is 0. The van der Waals surface area contributed by atoms with Crippen LogP contribution in [0.5, 0.6) is 11.5 Å². The van der Waals surface area contributed by atoms with Gasteiger partial charge in [0.1, 0.15) is 17.3 Å². The third-order valence-electron chi connectivity index (χ3n) is 7.64. The van der Waals surface area contributed by atoms with E-state index in [0.29, 0.717) is 30.4 Å². The van der Waals surface area contributed by atoms with E-state index < -0.39 is 11.6 Å². The minimum Gasteiger partial charge on any atom is -0.493 e. The third kappa shape index (κ3) is 7.58. The van der Waals surface area contributed by atoms with Crippen molar-refractivity contribution >= 4 is 28.5 Å². The molecule has 2 aromatic carbocycles. The quantitative estimate of drug-likeness (QED) is 0.183. The molecule has 0 saturated heterocycles. The Morgan fingerprint density at radius 1 is 1.02 bits per heavy atom. The van der Waals surface area contributed by atoms with Gasteiger partial charge in [-0.3, -0.25) is 0 Å². The number of carbonyl (C=O) groups is 1. The molecule has 6 nitrogen and oxygen atoms in total. The molecule has 7 heteroatoms. The van der Waals surface area contributed by atoms with Crippen molar-refractivity contribution < 1.29 is 23.8 Å². The molecule has 0 aliphatic heterocycles. The lowest BCUT2D eigenvalue weighted by molar-refractivity contribution is -0.153. The molecule has 2 heterocycles. The fourth-order valence-electron chi connectivity index (χ4n) is 4.99. The number of aryl methyl sites for hydroxylation is 1. The fourth-order valence-corrected chi connectivity index (χ4v) is 5.72. The van der Waals surface area contributed by atoms with Gasteiger partial charge in [0.25, 0.3) is 0 Å². The zero-order valence-corrected chi connectivity index (χ0v) is 26.7. The molecule has 44 heavy (non-hydrogen) atoms.